The van der Waals surface area contributed by atoms with E-state index in [0.717, 1.165) is 37.9 Å². The van der Waals surface area contributed by atoms with Crippen LogP contribution in [-0.2, 0) is 10.8 Å². The summed E-state index contributed by atoms with van der Waals surface area (Å²) in [6.45, 7) is 13.4. The zero-order chi connectivity index (χ0) is 25.1. The van der Waals surface area contributed by atoms with Crippen LogP contribution in [0.5, 0.6) is 0 Å². The number of nitrogens with zero attached hydrogens (tertiary/aromatic N) is 1. The van der Waals surface area contributed by atoms with Gasteiger partial charge >= 0.3 is 0 Å². The van der Waals surface area contributed by atoms with Gasteiger partial charge in [-0.2, -0.15) is 0 Å². The second kappa shape index (κ2) is 10.5. The first kappa shape index (κ1) is 25.4. The van der Waals surface area contributed by atoms with Crippen molar-refractivity contribution in [2.75, 3.05) is 31.5 Å². The maximum Gasteiger partial charge on any atom is 0.255 e. The van der Waals surface area contributed by atoms with Gasteiger partial charge in [0.05, 0.1) is 0 Å². The number of amides is 2. The molecule has 35 heavy (non-hydrogen) atoms. The summed E-state index contributed by atoms with van der Waals surface area (Å²) in [5.41, 5.74) is 4.88. The Labute approximate surface area is 210 Å². The molecule has 2 aliphatic rings. The molecular weight excluding hydrogens is 434 g/mol. The first-order valence-corrected chi connectivity index (χ1v) is 13.2. The molecule has 2 N–H and O–H groups in total. The van der Waals surface area contributed by atoms with Crippen molar-refractivity contribution in [3.05, 3.63) is 64.7 Å². The van der Waals surface area contributed by atoms with Crippen LogP contribution in [0.25, 0.3) is 0 Å². The second-order valence-electron chi connectivity index (χ2n) is 11.6. The highest BCUT2D eigenvalue weighted by molar-refractivity contribution is 6.05. The van der Waals surface area contributed by atoms with Gasteiger partial charge in [-0.05, 0) is 117 Å². The SMILES string of the molecule is CC1(C)CCC(C)(C)c2cc(NC(=O)c3ccc(C(=O)NCCCCN4CCCC4)cc3)ccc21. The van der Waals surface area contributed by atoms with E-state index in [0.29, 0.717) is 17.7 Å². The molecule has 0 spiro atoms. The lowest BCUT2D eigenvalue weighted by Crippen LogP contribution is -2.33. The number of anilines is 1. The minimum absolute atomic E-state index is 0.0855. The zero-order valence-corrected chi connectivity index (χ0v) is 21.9. The number of carbonyl (C=O) groups excluding carboxylic acids is 2. The molecule has 0 bridgehead atoms. The average Bonchev–Trinajstić information content (AvgIpc) is 3.35. The summed E-state index contributed by atoms with van der Waals surface area (Å²) in [5.74, 6) is -0.246. The molecule has 5 nitrogen and oxygen atoms in total. The van der Waals surface area contributed by atoms with Crippen molar-refractivity contribution in [2.45, 2.75) is 77.0 Å². The normalized spacial score (nSPS) is 18.6. The van der Waals surface area contributed by atoms with E-state index < -0.39 is 0 Å². The van der Waals surface area contributed by atoms with Crippen molar-refractivity contribution in [1.29, 1.82) is 0 Å². The van der Waals surface area contributed by atoms with Crippen molar-refractivity contribution in [3.8, 4) is 0 Å². The molecule has 1 aliphatic carbocycles. The molecule has 4 rings (SSSR count). The third-order valence-corrected chi connectivity index (χ3v) is 7.91. The Hall–Kier alpha value is -2.66. The van der Waals surface area contributed by atoms with Gasteiger partial charge in [-0.1, -0.05) is 33.8 Å². The summed E-state index contributed by atoms with van der Waals surface area (Å²) in [4.78, 5) is 27.9. The number of benzene rings is 2. The minimum Gasteiger partial charge on any atom is -0.352 e. The number of hydrogen-bond acceptors (Lipinski definition) is 3. The molecule has 1 saturated heterocycles. The van der Waals surface area contributed by atoms with Crippen LogP contribution in [-0.4, -0.2) is 42.9 Å². The molecule has 2 amide bonds. The van der Waals surface area contributed by atoms with Gasteiger partial charge in [-0.15, -0.1) is 0 Å². The minimum atomic E-state index is -0.160. The largest absolute Gasteiger partial charge is 0.352 e. The molecule has 2 aromatic rings. The number of fused-ring (bicyclic) bond motifs is 1. The van der Waals surface area contributed by atoms with Crippen LogP contribution in [0, 0.1) is 0 Å². The van der Waals surface area contributed by atoms with Crippen molar-refractivity contribution in [2.24, 2.45) is 0 Å². The topological polar surface area (TPSA) is 61.4 Å². The van der Waals surface area contributed by atoms with E-state index in [1.165, 1.54) is 37.1 Å². The van der Waals surface area contributed by atoms with Gasteiger partial charge in [-0.3, -0.25) is 9.59 Å². The Kier molecular flexibility index (Phi) is 7.65. The average molecular weight is 476 g/mol. The summed E-state index contributed by atoms with van der Waals surface area (Å²) in [6.07, 6.45) is 7.01. The highest BCUT2D eigenvalue weighted by Crippen LogP contribution is 2.46. The summed E-state index contributed by atoms with van der Waals surface area (Å²) < 4.78 is 0. The van der Waals surface area contributed by atoms with Crippen LogP contribution >= 0.6 is 0 Å². The summed E-state index contributed by atoms with van der Waals surface area (Å²) in [6, 6.07) is 13.2. The predicted molar refractivity (Wildman–Crippen MR) is 143 cm³/mol. The van der Waals surface area contributed by atoms with Crippen molar-refractivity contribution < 1.29 is 9.59 Å². The van der Waals surface area contributed by atoms with Gasteiger partial charge in [0.1, 0.15) is 0 Å². The Balaban J connectivity index is 1.30. The highest BCUT2D eigenvalue weighted by Gasteiger charge is 2.37. The predicted octanol–water partition coefficient (Wildman–Crippen LogP) is 5.89. The molecule has 1 aliphatic heterocycles. The monoisotopic (exact) mass is 475 g/mol. The maximum atomic E-state index is 12.9. The standard InChI is InChI=1S/C30H41N3O2/c1-29(2)15-16-30(3,4)26-21-24(13-14-25(26)29)32-28(35)23-11-9-22(10-12-23)27(34)31-17-5-6-18-33-19-7-8-20-33/h9-14,21H,5-8,15-20H2,1-4H3,(H,31,34)(H,32,35). The molecule has 0 atom stereocenters. The fourth-order valence-corrected chi connectivity index (χ4v) is 5.41. The van der Waals surface area contributed by atoms with E-state index in [4.69, 9.17) is 0 Å². The van der Waals surface area contributed by atoms with E-state index in [-0.39, 0.29) is 22.6 Å². The Morgan fingerprint density at radius 3 is 2.06 bits per heavy atom. The van der Waals surface area contributed by atoms with Gasteiger partial charge in [0.15, 0.2) is 0 Å². The van der Waals surface area contributed by atoms with Crippen LogP contribution in [0.2, 0.25) is 0 Å². The van der Waals surface area contributed by atoms with Crippen LogP contribution < -0.4 is 10.6 Å². The number of nitrogens with one attached hydrogen (secondary N) is 2. The Bertz CT molecular complexity index is 1050. The summed E-state index contributed by atoms with van der Waals surface area (Å²) in [7, 11) is 0. The maximum absolute atomic E-state index is 12.9. The molecule has 0 unspecified atom stereocenters. The summed E-state index contributed by atoms with van der Waals surface area (Å²) >= 11 is 0. The van der Waals surface area contributed by atoms with Crippen LogP contribution in [0.3, 0.4) is 0 Å². The van der Waals surface area contributed by atoms with Crippen LogP contribution in [0.4, 0.5) is 5.69 Å². The van der Waals surface area contributed by atoms with Crippen molar-refractivity contribution in [3.63, 3.8) is 0 Å². The van der Waals surface area contributed by atoms with Gasteiger partial charge in [0.2, 0.25) is 0 Å². The zero-order valence-electron chi connectivity index (χ0n) is 21.9. The fourth-order valence-electron chi connectivity index (χ4n) is 5.41. The van der Waals surface area contributed by atoms with Crippen molar-refractivity contribution in [1.82, 2.24) is 10.2 Å². The van der Waals surface area contributed by atoms with Gasteiger partial charge in [-0.25, -0.2) is 0 Å². The number of rotatable bonds is 8. The lowest BCUT2D eigenvalue weighted by Gasteiger charge is -2.42. The first-order valence-electron chi connectivity index (χ1n) is 13.2. The lowest BCUT2D eigenvalue weighted by molar-refractivity contribution is 0.0950. The molecule has 5 heteroatoms. The van der Waals surface area contributed by atoms with E-state index in [1.807, 2.05) is 6.07 Å². The van der Waals surface area contributed by atoms with E-state index >= 15 is 0 Å². The van der Waals surface area contributed by atoms with Crippen LogP contribution in [0.15, 0.2) is 42.5 Å². The molecule has 0 radical (unpaired) electrons. The van der Waals surface area contributed by atoms with Gasteiger partial charge < -0.3 is 15.5 Å². The number of likely N-dealkylation sites (tertiary alicyclic amines) is 1. The number of unbranched alkanes of at least 4 members (excludes halogenated alkanes) is 1. The highest BCUT2D eigenvalue weighted by atomic mass is 16.2. The van der Waals surface area contributed by atoms with Gasteiger partial charge in [0.25, 0.3) is 11.8 Å². The number of carbonyl (C=O) groups is 2. The first-order chi connectivity index (χ1) is 16.7. The quantitative estimate of drug-likeness (QED) is 0.468. The van der Waals surface area contributed by atoms with E-state index in [2.05, 4.69) is 55.4 Å². The smallest absolute Gasteiger partial charge is 0.255 e. The second-order valence-corrected chi connectivity index (χ2v) is 11.6. The van der Waals surface area contributed by atoms with E-state index in [9.17, 15) is 9.59 Å². The molecule has 2 aromatic carbocycles. The summed E-state index contributed by atoms with van der Waals surface area (Å²) in [5, 5.41) is 6.05. The number of hydrogen-bond donors (Lipinski definition) is 2. The molecule has 1 fully saturated rings. The molecule has 0 aromatic heterocycles. The molecular formula is C30H41N3O2. The third kappa shape index (κ3) is 6.13. The van der Waals surface area contributed by atoms with Crippen LogP contribution in [0.1, 0.15) is 98.1 Å². The Morgan fingerprint density at radius 1 is 0.800 bits per heavy atom. The third-order valence-electron chi connectivity index (χ3n) is 7.91. The van der Waals surface area contributed by atoms with Crippen molar-refractivity contribution >= 4 is 17.5 Å². The van der Waals surface area contributed by atoms with E-state index in [1.54, 1.807) is 24.3 Å². The molecule has 188 valence electrons. The van der Waals surface area contributed by atoms with Gasteiger partial charge in [0, 0.05) is 23.4 Å². The fraction of sp³-hybridized carbons (Fsp3) is 0.533. The lowest BCUT2D eigenvalue weighted by atomic mass is 9.63. The molecule has 1 heterocycles. The Morgan fingerprint density at radius 2 is 1.40 bits per heavy atom. The molecule has 0 saturated carbocycles.